The zero-order chi connectivity index (χ0) is 11.4. The first-order chi connectivity index (χ1) is 7.83. The Morgan fingerprint density at radius 2 is 2.31 bits per heavy atom. The summed E-state index contributed by atoms with van der Waals surface area (Å²) in [6.45, 7) is 6.88. The van der Waals surface area contributed by atoms with Crippen molar-refractivity contribution in [2.45, 2.75) is 45.6 Å². The van der Waals surface area contributed by atoms with Gasteiger partial charge in [0.2, 0.25) is 0 Å². The molecule has 2 nitrogen and oxygen atoms in total. The smallest absolute Gasteiger partial charge is 0.0420 e. The fourth-order valence-electron chi connectivity index (χ4n) is 2.75. The molecular weight excluding hydrogens is 196 g/mol. The molecule has 0 spiro atoms. The van der Waals surface area contributed by atoms with Gasteiger partial charge in [0.1, 0.15) is 0 Å². The average molecular weight is 218 g/mol. The topological polar surface area (TPSA) is 16.1 Å². The van der Waals surface area contributed by atoms with E-state index in [-0.39, 0.29) is 0 Å². The van der Waals surface area contributed by atoms with Gasteiger partial charge in [0.15, 0.2) is 0 Å². The minimum absolute atomic E-state index is 0.613. The van der Waals surface area contributed by atoms with E-state index in [1.54, 1.807) is 0 Å². The van der Waals surface area contributed by atoms with Crippen LogP contribution in [0.15, 0.2) is 18.3 Å². The van der Waals surface area contributed by atoms with Crippen molar-refractivity contribution in [2.24, 2.45) is 0 Å². The van der Waals surface area contributed by atoms with Crippen molar-refractivity contribution in [3.8, 4) is 0 Å². The largest absolute Gasteiger partial charge is 0.296 e. The van der Waals surface area contributed by atoms with Gasteiger partial charge in [0, 0.05) is 17.9 Å². The lowest BCUT2D eigenvalue weighted by Crippen LogP contribution is -2.34. The van der Waals surface area contributed by atoms with Gasteiger partial charge in [-0.15, -0.1) is 0 Å². The van der Waals surface area contributed by atoms with E-state index >= 15 is 0 Å². The first-order valence-electron chi connectivity index (χ1n) is 6.48. The first-order valence-corrected chi connectivity index (χ1v) is 6.48. The molecule has 2 heteroatoms. The zero-order valence-corrected chi connectivity index (χ0v) is 10.4. The number of nitrogens with zero attached hydrogens (tertiary/aromatic N) is 2. The zero-order valence-electron chi connectivity index (χ0n) is 10.4. The molecule has 0 radical (unpaired) electrons. The third kappa shape index (κ3) is 2.43. The summed E-state index contributed by atoms with van der Waals surface area (Å²) in [5.74, 6) is 0. The summed E-state index contributed by atoms with van der Waals surface area (Å²) in [6.07, 6.45) is 7.16. The minimum Gasteiger partial charge on any atom is -0.296 e. The third-order valence-electron chi connectivity index (χ3n) is 3.53. The molecule has 2 rings (SSSR count). The Kier molecular flexibility index (Phi) is 3.94. The SMILES string of the molecule is CCCN1CCCC[C@H]1c1cccnc1C. The molecule has 1 saturated heterocycles. The van der Waals surface area contributed by atoms with Crippen LogP contribution < -0.4 is 0 Å². The lowest BCUT2D eigenvalue weighted by atomic mass is 9.94. The van der Waals surface area contributed by atoms with Crippen LogP contribution in [-0.2, 0) is 0 Å². The molecule has 0 N–H and O–H groups in total. The second-order valence-electron chi connectivity index (χ2n) is 4.73. The Morgan fingerprint density at radius 1 is 1.44 bits per heavy atom. The number of pyridine rings is 1. The van der Waals surface area contributed by atoms with Gasteiger partial charge in [0.25, 0.3) is 0 Å². The summed E-state index contributed by atoms with van der Waals surface area (Å²) in [7, 11) is 0. The Bertz CT molecular complexity index is 333. The van der Waals surface area contributed by atoms with E-state index in [0.29, 0.717) is 6.04 Å². The second kappa shape index (κ2) is 5.44. The maximum Gasteiger partial charge on any atom is 0.0420 e. The molecular formula is C14H22N2. The standard InChI is InChI=1S/C14H22N2/c1-3-10-16-11-5-4-8-14(16)13-7-6-9-15-12(13)2/h6-7,9,14H,3-5,8,10-11H2,1-2H3/t14-/m0/s1. The molecule has 0 amide bonds. The minimum atomic E-state index is 0.613. The highest BCUT2D eigenvalue weighted by Gasteiger charge is 2.24. The van der Waals surface area contributed by atoms with Gasteiger partial charge < -0.3 is 0 Å². The monoisotopic (exact) mass is 218 g/mol. The number of likely N-dealkylation sites (tertiary alicyclic amines) is 1. The summed E-state index contributed by atoms with van der Waals surface area (Å²) in [5.41, 5.74) is 2.64. The second-order valence-corrected chi connectivity index (χ2v) is 4.73. The Labute approximate surface area is 98.7 Å². The van der Waals surface area contributed by atoms with E-state index in [1.165, 1.54) is 50.0 Å². The maximum absolute atomic E-state index is 4.42. The maximum atomic E-state index is 4.42. The van der Waals surface area contributed by atoms with Gasteiger partial charge in [-0.25, -0.2) is 0 Å². The fourth-order valence-corrected chi connectivity index (χ4v) is 2.75. The molecule has 16 heavy (non-hydrogen) atoms. The van der Waals surface area contributed by atoms with Crippen LogP contribution in [0.4, 0.5) is 0 Å². The normalized spacial score (nSPS) is 22.2. The van der Waals surface area contributed by atoms with Crippen LogP contribution in [-0.4, -0.2) is 23.0 Å². The van der Waals surface area contributed by atoms with Gasteiger partial charge in [-0.05, 0) is 50.9 Å². The van der Waals surface area contributed by atoms with Gasteiger partial charge in [-0.1, -0.05) is 19.4 Å². The van der Waals surface area contributed by atoms with Crippen molar-refractivity contribution < 1.29 is 0 Å². The van der Waals surface area contributed by atoms with Crippen molar-refractivity contribution in [2.75, 3.05) is 13.1 Å². The van der Waals surface area contributed by atoms with Crippen molar-refractivity contribution in [1.29, 1.82) is 0 Å². The summed E-state index contributed by atoms with van der Waals surface area (Å²) >= 11 is 0. The summed E-state index contributed by atoms with van der Waals surface area (Å²) < 4.78 is 0. The lowest BCUT2D eigenvalue weighted by Gasteiger charge is -2.36. The number of hydrogen-bond acceptors (Lipinski definition) is 2. The van der Waals surface area contributed by atoms with Crippen LogP contribution in [0.25, 0.3) is 0 Å². The number of rotatable bonds is 3. The van der Waals surface area contributed by atoms with Crippen LogP contribution in [0.2, 0.25) is 0 Å². The van der Waals surface area contributed by atoms with Crippen molar-refractivity contribution in [1.82, 2.24) is 9.88 Å². The van der Waals surface area contributed by atoms with E-state index in [1.807, 2.05) is 6.20 Å². The molecule has 1 aliphatic heterocycles. The van der Waals surface area contributed by atoms with E-state index in [2.05, 4.69) is 35.9 Å². The number of piperidine rings is 1. The molecule has 1 atom stereocenters. The molecule has 0 aromatic carbocycles. The summed E-state index contributed by atoms with van der Waals surface area (Å²) in [6, 6.07) is 4.93. The highest BCUT2D eigenvalue weighted by molar-refractivity contribution is 5.23. The Balaban J connectivity index is 2.19. The van der Waals surface area contributed by atoms with Crippen LogP contribution >= 0.6 is 0 Å². The summed E-state index contributed by atoms with van der Waals surface area (Å²) in [5, 5.41) is 0. The highest BCUT2D eigenvalue weighted by atomic mass is 15.2. The van der Waals surface area contributed by atoms with Gasteiger partial charge in [-0.2, -0.15) is 0 Å². The van der Waals surface area contributed by atoms with E-state index in [9.17, 15) is 0 Å². The van der Waals surface area contributed by atoms with Crippen LogP contribution in [0.3, 0.4) is 0 Å². The quantitative estimate of drug-likeness (QED) is 0.773. The molecule has 0 saturated carbocycles. The third-order valence-corrected chi connectivity index (χ3v) is 3.53. The molecule has 0 bridgehead atoms. The predicted molar refractivity (Wildman–Crippen MR) is 67.4 cm³/mol. The van der Waals surface area contributed by atoms with Gasteiger partial charge in [-0.3, -0.25) is 9.88 Å². The molecule has 0 aliphatic carbocycles. The molecule has 1 aromatic heterocycles. The summed E-state index contributed by atoms with van der Waals surface area (Å²) in [4.78, 5) is 7.05. The lowest BCUT2D eigenvalue weighted by molar-refractivity contribution is 0.148. The highest BCUT2D eigenvalue weighted by Crippen LogP contribution is 2.31. The van der Waals surface area contributed by atoms with E-state index < -0.39 is 0 Å². The predicted octanol–water partition coefficient (Wildman–Crippen LogP) is 3.33. The number of aromatic nitrogens is 1. The average Bonchev–Trinajstić information content (AvgIpc) is 2.31. The molecule has 2 heterocycles. The molecule has 0 unspecified atom stereocenters. The molecule has 1 aromatic rings. The Hall–Kier alpha value is -0.890. The molecule has 1 fully saturated rings. The van der Waals surface area contributed by atoms with E-state index in [4.69, 9.17) is 0 Å². The van der Waals surface area contributed by atoms with Crippen molar-refractivity contribution >= 4 is 0 Å². The van der Waals surface area contributed by atoms with Crippen LogP contribution in [0, 0.1) is 6.92 Å². The number of hydrogen-bond donors (Lipinski definition) is 0. The fraction of sp³-hybridized carbons (Fsp3) is 0.643. The van der Waals surface area contributed by atoms with Crippen LogP contribution in [0.1, 0.15) is 49.9 Å². The van der Waals surface area contributed by atoms with E-state index in [0.717, 1.165) is 0 Å². The molecule has 1 aliphatic rings. The Morgan fingerprint density at radius 3 is 3.06 bits per heavy atom. The van der Waals surface area contributed by atoms with Gasteiger partial charge >= 0.3 is 0 Å². The molecule has 88 valence electrons. The van der Waals surface area contributed by atoms with Crippen molar-refractivity contribution in [3.63, 3.8) is 0 Å². The van der Waals surface area contributed by atoms with Crippen molar-refractivity contribution in [3.05, 3.63) is 29.6 Å². The number of aryl methyl sites for hydroxylation is 1. The first kappa shape index (κ1) is 11.6. The van der Waals surface area contributed by atoms with Gasteiger partial charge in [0.05, 0.1) is 0 Å². The van der Waals surface area contributed by atoms with Crippen LogP contribution in [0.5, 0.6) is 0 Å².